The van der Waals surface area contributed by atoms with Crippen molar-refractivity contribution in [2.75, 3.05) is 6.61 Å². The van der Waals surface area contributed by atoms with Gasteiger partial charge in [0.15, 0.2) is 5.76 Å². The predicted molar refractivity (Wildman–Crippen MR) is 77.7 cm³/mol. The highest BCUT2D eigenvalue weighted by molar-refractivity contribution is 6.00. The molecule has 2 rings (SSSR count). The van der Waals surface area contributed by atoms with Crippen molar-refractivity contribution in [3.63, 3.8) is 0 Å². The van der Waals surface area contributed by atoms with E-state index in [9.17, 15) is 14.0 Å². The Balaban J connectivity index is 2.16. The summed E-state index contributed by atoms with van der Waals surface area (Å²) in [7, 11) is 0. The summed E-state index contributed by atoms with van der Waals surface area (Å²) in [5, 5.41) is 2.51. The van der Waals surface area contributed by atoms with Gasteiger partial charge in [-0.2, -0.15) is 0 Å². The van der Waals surface area contributed by atoms with Gasteiger partial charge in [0.25, 0.3) is 5.91 Å². The molecule has 0 aliphatic carbocycles. The Morgan fingerprint density at radius 3 is 2.59 bits per heavy atom. The second-order valence-electron chi connectivity index (χ2n) is 4.62. The fourth-order valence-electron chi connectivity index (χ4n) is 1.93. The number of rotatable bonds is 5. The maximum atomic E-state index is 13.0. The summed E-state index contributed by atoms with van der Waals surface area (Å²) in [5.41, 5.74) is 1.16. The van der Waals surface area contributed by atoms with Crippen molar-refractivity contribution in [2.24, 2.45) is 0 Å². The second-order valence-corrected chi connectivity index (χ2v) is 4.62. The number of esters is 1. The smallest absolute Gasteiger partial charge is 0.328 e. The summed E-state index contributed by atoms with van der Waals surface area (Å²) >= 11 is 0. The Bertz CT molecular complexity index is 663. The highest BCUT2D eigenvalue weighted by Gasteiger charge is 2.22. The van der Waals surface area contributed by atoms with Gasteiger partial charge in [-0.3, -0.25) is 4.79 Å². The molecule has 1 aromatic heterocycles. The number of furan rings is 1. The first-order chi connectivity index (χ1) is 10.5. The third-order valence-corrected chi connectivity index (χ3v) is 3.01. The number of carbonyl (C=O) groups is 2. The van der Waals surface area contributed by atoms with Gasteiger partial charge in [-0.15, -0.1) is 0 Å². The molecule has 0 radical (unpaired) electrons. The lowest BCUT2D eigenvalue weighted by atomic mass is 10.1. The van der Waals surface area contributed by atoms with E-state index in [1.807, 2.05) is 0 Å². The Labute approximate surface area is 127 Å². The molecule has 2 aromatic rings. The van der Waals surface area contributed by atoms with Crippen LogP contribution in [-0.4, -0.2) is 24.5 Å². The van der Waals surface area contributed by atoms with Crippen LogP contribution in [0.2, 0.25) is 0 Å². The van der Waals surface area contributed by atoms with E-state index in [1.54, 1.807) is 25.1 Å². The molecule has 22 heavy (non-hydrogen) atoms. The standard InChI is InChI=1S/C16H16FNO4/c1-3-21-16(20)10(2)18-15(19)14-13(8-9-22-14)11-4-6-12(17)7-5-11/h4-10H,3H2,1-2H3,(H,18,19). The van der Waals surface area contributed by atoms with Crippen LogP contribution in [0, 0.1) is 5.82 Å². The first kappa shape index (κ1) is 15.8. The van der Waals surface area contributed by atoms with Crippen molar-refractivity contribution >= 4 is 11.9 Å². The van der Waals surface area contributed by atoms with Crippen LogP contribution in [0.3, 0.4) is 0 Å². The normalized spacial score (nSPS) is 11.8. The molecule has 0 bridgehead atoms. The second kappa shape index (κ2) is 6.89. The molecule has 6 heteroatoms. The first-order valence-electron chi connectivity index (χ1n) is 6.84. The highest BCUT2D eigenvalue weighted by atomic mass is 19.1. The third kappa shape index (κ3) is 3.52. The van der Waals surface area contributed by atoms with Crippen molar-refractivity contribution in [3.8, 4) is 11.1 Å². The molecule has 0 saturated heterocycles. The van der Waals surface area contributed by atoms with Crippen molar-refractivity contribution in [3.05, 3.63) is 48.2 Å². The molecule has 116 valence electrons. The Morgan fingerprint density at radius 2 is 1.95 bits per heavy atom. The van der Waals surface area contributed by atoms with Gasteiger partial charge in [0.2, 0.25) is 0 Å². The molecule has 5 nitrogen and oxygen atoms in total. The molecule has 1 unspecified atom stereocenters. The Morgan fingerprint density at radius 1 is 1.27 bits per heavy atom. The van der Waals surface area contributed by atoms with E-state index >= 15 is 0 Å². The average molecular weight is 305 g/mol. The van der Waals surface area contributed by atoms with Crippen LogP contribution in [-0.2, 0) is 9.53 Å². The molecule has 1 aromatic carbocycles. The van der Waals surface area contributed by atoms with Crippen LogP contribution in [0.5, 0.6) is 0 Å². The predicted octanol–water partition coefficient (Wildman–Crippen LogP) is 2.77. The van der Waals surface area contributed by atoms with Crippen molar-refractivity contribution in [2.45, 2.75) is 19.9 Å². The monoisotopic (exact) mass is 305 g/mol. The molecule has 0 aliphatic heterocycles. The lowest BCUT2D eigenvalue weighted by Crippen LogP contribution is -2.39. The lowest BCUT2D eigenvalue weighted by molar-refractivity contribution is -0.144. The van der Waals surface area contributed by atoms with Crippen LogP contribution in [0.4, 0.5) is 4.39 Å². The number of hydrogen-bond donors (Lipinski definition) is 1. The van der Waals surface area contributed by atoms with Crippen molar-refractivity contribution in [1.82, 2.24) is 5.32 Å². The van der Waals surface area contributed by atoms with Gasteiger partial charge in [-0.25, -0.2) is 9.18 Å². The van der Waals surface area contributed by atoms with Crippen LogP contribution in [0.1, 0.15) is 24.4 Å². The fraction of sp³-hybridized carbons (Fsp3) is 0.250. The van der Waals surface area contributed by atoms with E-state index in [0.717, 1.165) is 0 Å². The van der Waals surface area contributed by atoms with Gasteiger partial charge in [-0.1, -0.05) is 12.1 Å². The van der Waals surface area contributed by atoms with E-state index in [0.29, 0.717) is 11.1 Å². The first-order valence-corrected chi connectivity index (χ1v) is 6.84. The zero-order chi connectivity index (χ0) is 16.1. The van der Waals surface area contributed by atoms with E-state index in [4.69, 9.17) is 9.15 Å². The SMILES string of the molecule is CCOC(=O)C(C)NC(=O)c1occc1-c1ccc(F)cc1. The van der Waals surface area contributed by atoms with E-state index in [-0.39, 0.29) is 18.2 Å². The van der Waals surface area contributed by atoms with Crippen LogP contribution in [0.25, 0.3) is 11.1 Å². The van der Waals surface area contributed by atoms with Gasteiger partial charge in [0.1, 0.15) is 11.9 Å². The lowest BCUT2D eigenvalue weighted by Gasteiger charge is -2.12. The quantitative estimate of drug-likeness (QED) is 0.862. The summed E-state index contributed by atoms with van der Waals surface area (Å²) in [6.07, 6.45) is 1.36. The van der Waals surface area contributed by atoms with Gasteiger partial charge < -0.3 is 14.5 Å². The minimum atomic E-state index is -0.793. The molecule has 0 spiro atoms. The van der Waals surface area contributed by atoms with Crippen molar-refractivity contribution in [1.29, 1.82) is 0 Å². The van der Waals surface area contributed by atoms with Gasteiger partial charge in [-0.05, 0) is 37.6 Å². The zero-order valence-electron chi connectivity index (χ0n) is 12.3. The minimum Gasteiger partial charge on any atom is -0.464 e. The summed E-state index contributed by atoms with van der Waals surface area (Å²) in [5.74, 6) is -1.37. The average Bonchev–Trinajstić information content (AvgIpc) is 2.97. The summed E-state index contributed by atoms with van der Waals surface area (Å²) < 4.78 is 23.0. The number of hydrogen-bond acceptors (Lipinski definition) is 4. The molecular weight excluding hydrogens is 289 g/mol. The maximum absolute atomic E-state index is 13.0. The molecule has 1 amide bonds. The number of carbonyl (C=O) groups excluding carboxylic acids is 2. The molecular formula is C16H16FNO4. The summed E-state index contributed by atoms with van der Waals surface area (Å²) in [6.45, 7) is 3.45. The van der Waals surface area contributed by atoms with E-state index < -0.39 is 17.9 Å². The molecule has 0 saturated carbocycles. The molecule has 1 N–H and O–H groups in total. The topological polar surface area (TPSA) is 68.5 Å². The summed E-state index contributed by atoms with van der Waals surface area (Å²) in [4.78, 5) is 23.7. The number of benzene rings is 1. The van der Waals surface area contributed by atoms with Gasteiger partial charge in [0.05, 0.1) is 12.9 Å². The third-order valence-electron chi connectivity index (χ3n) is 3.01. The molecule has 0 aliphatic rings. The molecule has 0 fully saturated rings. The Kier molecular flexibility index (Phi) is 4.93. The number of nitrogens with one attached hydrogen (secondary N) is 1. The highest BCUT2D eigenvalue weighted by Crippen LogP contribution is 2.25. The minimum absolute atomic E-state index is 0.0581. The zero-order valence-corrected chi connectivity index (χ0v) is 12.3. The van der Waals surface area contributed by atoms with Crippen LogP contribution >= 0.6 is 0 Å². The van der Waals surface area contributed by atoms with Crippen LogP contribution < -0.4 is 5.32 Å². The number of halogens is 1. The summed E-state index contributed by atoms with van der Waals surface area (Å²) in [6, 6.07) is 6.50. The van der Waals surface area contributed by atoms with E-state index in [2.05, 4.69) is 5.32 Å². The molecule has 1 heterocycles. The Hall–Kier alpha value is -2.63. The van der Waals surface area contributed by atoms with Gasteiger partial charge in [0, 0.05) is 5.56 Å². The largest absolute Gasteiger partial charge is 0.464 e. The number of ether oxygens (including phenoxy) is 1. The number of amides is 1. The maximum Gasteiger partial charge on any atom is 0.328 e. The van der Waals surface area contributed by atoms with Gasteiger partial charge >= 0.3 is 5.97 Å². The molecule has 1 atom stereocenters. The van der Waals surface area contributed by atoms with E-state index in [1.165, 1.54) is 25.3 Å². The van der Waals surface area contributed by atoms with Crippen molar-refractivity contribution < 1.29 is 23.1 Å². The fourth-order valence-corrected chi connectivity index (χ4v) is 1.93. The van der Waals surface area contributed by atoms with Crippen LogP contribution in [0.15, 0.2) is 41.0 Å².